The van der Waals surface area contributed by atoms with Gasteiger partial charge in [0.2, 0.25) is 0 Å². The molecule has 384 valence electrons. The molecule has 24 heteroatoms. The van der Waals surface area contributed by atoms with Gasteiger partial charge in [-0.25, -0.2) is 0 Å². The van der Waals surface area contributed by atoms with Crippen LogP contribution in [0.3, 0.4) is 0 Å². The van der Waals surface area contributed by atoms with E-state index in [1.807, 2.05) is 0 Å². The molecule has 0 aromatic heterocycles. The predicted molar refractivity (Wildman–Crippen MR) is 292 cm³/mol. The maximum atomic E-state index is 9.88. The quantitative estimate of drug-likeness (QED) is 0.0812. The first-order chi connectivity index (χ1) is 38.9. The van der Waals surface area contributed by atoms with Crippen LogP contribution in [0, 0.1) is 90.6 Å². The highest BCUT2D eigenvalue weighted by atomic mass is 31.3. The Hall–Kier alpha value is -11.0. The zero-order chi connectivity index (χ0) is 56.0. The number of rotatable bonds is 16. The van der Waals surface area contributed by atoms with Gasteiger partial charge in [0.25, 0.3) is 0 Å². The minimum absolute atomic E-state index is 0.00697. The van der Waals surface area contributed by atoms with Crippen LogP contribution in [-0.2, 0) is 0 Å². The molecule has 0 N–H and O–H groups in total. The summed E-state index contributed by atoms with van der Waals surface area (Å²) >= 11 is 0. The lowest BCUT2D eigenvalue weighted by Gasteiger charge is -2.33. The molecule has 1 heterocycles. The fourth-order valence-electron chi connectivity index (χ4n) is 6.83. The monoisotopic (exact) mass is 1120 g/mol. The number of nitrogens with zero attached hydrogens (tertiary/aromatic N) is 12. The van der Waals surface area contributed by atoms with E-state index in [-0.39, 0.29) is 90.5 Å². The van der Waals surface area contributed by atoms with Crippen molar-refractivity contribution in [3.8, 4) is 94.5 Å². The molecule has 20 nitrogen and oxygen atoms in total. The Kier molecular flexibility index (Phi) is 16.1. The van der Waals surface area contributed by atoms with Crippen LogP contribution in [0.4, 0.5) is 0 Å². The SMILES string of the molecule is N#Cc1ccc(OP2(Oc3ccc(C#N)cc3)=NP(Oc3ccc(C#N)cc3)(Oc3ccc(C#N)cc3)=NP(Oc3ccc(C#N)cc3)(Oc3ccc(C#N)cc3)=NP(Oc3ccc(C#N)cc3)(Oc3ccc(C#N)cc3)=N2)cc1. The third-order valence-electron chi connectivity index (χ3n) is 10.6. The molecule has 8 aromatic rings. The summed E-state index contributed by atoms with van der Waals surface area (Å²) in [6.45, 7) is 0. The zero-order valence-electron chi connectivity index (χ0n) is 40.9. The van der Waals surface area contributed by atoms with Crippen molar-refractivity contribution in [2.24, 2.45) is 18.1 Å². The van der Waals surface area contributed by atoms with Gasteiger partial charge in [0.1, 0.15) is 46.0 Å². The van der Waals surface area contributed by atoms with Gasteiger partial charge in [0.15, 0.2) is 0 Å². The van der Waals surface area contributed by atoms with Crippen LogP contribution in [0.1, 0.15) is 44.5 Å². The molecule has 1 aliphatic heterocycles. The molecule has 0 fully saturated rings. The molecule has 0 radical (unpaired) electrons. The van der Waals surface area contributed by atoms with Gasteiger partial charge in [-0.05, 0) is 194 Å². The first kappa shape index (κ1) is 53.8. The fraction of sp³-hybridized carbons (Fsp3) is 0. The van der Waals surface area contributed by atoms with Crippen molar-refractivity contribution in [3.63, 3.8) is 0 Å². The highest BCUT2D eigenvalue weighted by molar-refractivity contribution is 7.79. The molecule has 0 saturated carbocycles. The molecule has 80 heavy (non-hydrogen) atoms. The van der Waals surface area contributed by atoms with Gasteiger partial charge < -0.3 is 36.2 Å². The summed E-state index contributed by atoms with van der Waals surface area (Å²) < 4.78 is 77.4. The van der Waals surface area contributed by atoms with Crippen molar-refractivity contribution in [2.45, 2.75) is 0 Å². The summed E-state index contributed by atoms with van der Waals surface area (Å²) in [4.78, 5) is 0. The zero-order valence-corrected chi connectivity index (χ0v) is 44.5. The van der Waals surface area contributed by atoms with Crippen LogP contribution < -0.4 is 36.2 Å². The molecule has 1 aliphatic rings. The Labute approximate surface area is 458 Å². The van der Waals surface area contributed by atoms with Gasteiger partial charge in [-0.15, -0.1) is 0 Å². The lowest BCUT2D eigenvalue weighted by Crippen LogP contribution is -2.11. The number of benzene rings is 8. The first-order valence-electron chi connectivity index (χ1n) is 23.1. The molecule has 0 saturated heterocycles. The van der Waals surface area contributed by atoms with Crippen LogP contribution >= 0.6 is 30.6 Å². The van der Waals surface area contributed by atoms with Gasteiger partial charge in [-0.1, -0.05) is 18.1 Å². The van der Waals surface area contributed by atoms with E-state index in [1.165, 1.54) is 194 Å². The van der Waals surface area contributed by atoms with Crippen molar-refractivity contribution < 1.29 is 36.2 Å². The average molecular weight is 1120 g/mol. The average Bonchev–Trinajstić information content (AvgIpc) is 3.49. The summed E-state index contributed by atoms with van der Waals surface area (Å²) in [7, 11) is -19.7. The molecular weight excluding hydrogens is 1090 g/mol. The third kappa shape index (κ3) is 13.1. The Morgan fingerprint density at radius 1 is 0.188 bits per heavy atom. The van der Waals surface area contributed by atoms with E-state index in [0.29, 0.717) is 0 Å². The van der Waals surface area contributed by atoms with Crippen LogP contribution in [-0.4, -0.2) is 0 Å². The Bertz CT molecular complexity index is 3410. The standard InChI is InChI=1S/C56H32N12O8P4/c57-33-41-1-17-49(18-2-41)69-77(70-50-19-3-42(34-58)4-20-50)65-78(71-51-21-5-43(35-59)6-22-51,72-52-23-7-44(36-60)8-24-52)67-80(75-55-29-13-47(39-63)14-30-55,76-56-31-15-48(40-64)16-32-56)68-79(66-77,73-53-25-9-45(37-61)10-26-53)74-54-27-11-46(38-62)12-28-54/h1-32H. The van der Waals surface area contributed by atoms with Gasteiger partial charge in [-0.3, -0.25) is 0 Å². The Morgan fingerprint density at radius 2 is 0.287 bits per heavy atom. The minimum Gasteiger partial charge on any atom is -0.413 e. The highest BCUT2D eigenvalue weighted by Gasteiger charge is 2.49. The largest absolute Gasteiger partial charge is 0.460 e. The smallest absolute Gasteiger partial charge is 0.413 e. The predicted octanol–water partition coefficient (Wildman–Crippen LogP) is 15.4. The number of nitriles is 8. The normalized spacial score (nSPS) is 13.7. The van der Waals surface area contributed by atoms with E-state index in [9.17, 15) is 42.1 Å². The van der Waals surface area contributed by atoms with Crippen LogP contribution in [0.5, 0.6) is 46.0 Å². The van der Waals surface area contributed by atoms with E-state index in [2.05, 4.69) is 48.6 Å². The van der Waals surface area contributed by atoms with Gasteiger partial charge in [0, 0.05) is 0 Å². The summed E-state index contributed by atoms with van der Waals surface area (Å²) in [6, 6.07) is 63.3. The van der Waals surface area contributed by atoms with Gasteiger partial charge in [0.05, 0.1) is 93.1 Å². The van der Waals surface area contributed by atoms with Crippen LogP contribution in [0.25, 0.3) is 0 Å². The Balaban J connectivity index is 1.52. The van der Waals surface area contributed by atoms with Crippen LogP contribution in [0.15, 0.2) is 212 Å². The third-order valence-corrected chi connectivity index (χ3v) is 21.4. The van der Waals surface area contributed by atoms with Crippen LogP contribution in [0.2, 0.25) is 0 Å². The highest BCUT2D eigenvalue weighted by Crippen LogP contribution is 2.79. The summed E-state index contributed by atoms with van der Waals surface area (Å²) in [5, 5.41) is 79.0. The molecule has 0 spiro atoms. The molecule has 0 unspecified atom stereocenters. The Morgan fingerprint density at radius 3 is 0.375 bits per heavy atom. The van der Waals surface area contributed by atoms with E-state index in [0.717, 1.165) is 0 Å². The van der Waals surface area contributed by atoms with Gasteiger partial charge in [-0.2, -0.15) is 42.1 Å². The second-order valence-corrected chi connectivity index (χ2v) is 24.4. The van der Waals surface area contributed by atoms with E-state index < -0.39 is 30.6 Å². The molecule has 0 bridgehead atoms. The number of hydrogen-bond acceptors (Lipinski definition) is 20. The van der Waals surface area contributed by atoms with Crippen molar-refractivity contribution in [1.29, 1.82) is 42.1 Å². The fourth-order valence-corrected chi connectivity index (χ4v) is 18.9. The van der Waals surface area contributed by atoms with Gasteiger partial charge >= 0.3 is 30.6 Å². The molecular formula is C56H32N12O8P4. The molecule has 9 rings (SSSR count). The topological polar surface area (TPSA) is 314 Å². The first-order valence-corrected chi connectivity index (χ1v) is 29.2. The lowest BCUT2D eigenvalue weighted by molar-refractivity contribution is 0.444. The van der Waals surface area contributed by atoms with E-state index in [1.54, 1.807) is 0 Å². The number of hydrogen-bond donors (Lipinski definition) is 0. The molecule has 0 amide bonds. The minimum atomic E-state index is -4.93. The van der Waals surface area contributed by atoms with E-state index in [4.69, 9.17) is 54.3 Å². The summed E-state index contributed by atoms with van der Waals surface area (Å²) in [5.41, 5.74) is 1.96. The van der Waals surface area contributed by atoms with Crippen molar-refractivity contribution in [1.82, 2.24) is 0 Å². The van der Waals surface area contributed by atoms with Crippen molar-refractivity contribution in [3.05, 3.63) is 239 Å². The molecule has 0 aliphatic carbocycles. The second kappa shape index (κ2) is 23.9. The van der Waals surface area contributed by atoms with E-state index >= 15 is 0 Å². The summed E-state index contributed by atoms with van der Waals surface area (Å²) in [5.74, 6) is -0.0558. The maximum absolute atomic E-state index is 9.88. The maximum Gasteiger partial charge on any atom is 0.460 e. The summed E-state index contributed by atoms with van der Waals surface area (Å²) in [6.07, 6.45) is 0. The van der Waals surface area contributed by atoms with Crippen molar-refractivity contribution >= 4 is 30.6 Å². The molecule has 0 atom stereocenters. The van der Waals surface area contributed by atoms with Crippen molar-refractivity contribution in [2.75, 3.05) is 0 Å². The lowest BCUT2D eigenvalue weighted by atomic mass is 10.2. The molecule has 8 aromatic carbocycles. The second-order valence-electron chi connectivity index (χ2n) is 16.1.